The Morgan fingerprint density at radius 2 is 1.86 bits per heavy atom. The maximum absolute atomic E-state index is 12.8. The lowest BCUT2D eigenvalue weighted by atomic mass is 10.2. The lowest BCUT2D eigenvalue weighted by Gasteiger charge is -2.21. The number of hydrogen-bond donors (Lipinski definition) is 1. The van der Waals surface area contributed by atoms with Crippen molar-refractivity contribution in [1.82, 2.24) is 10.2 Å². The first kappa shape index (κ1) is 15.9. The molecule has 0 unspecified atom stereocenters. The highest BCUT2D eigenvalue weighted by Crippen LogP contribution is 2.17. The van der Waals surface area contributed by atoms with E-state index in [4.69, 9.17) is 12.2 Å². The summed E-state index contributed by atoms with van der Waals surface area (Å²) in [5.41, 5.74) is 2.17. The average molecular weight is 367 g/mol. The monoisotopic (exact) mass is 366 g/mol. The van der Waals surface area contributed by atoms with Gasteiger partial charge >= 0.3 is 0 Å². The Morgan fingerprint density at radius 3 is 2.52 bits per heavy atom. The zero-order valence-corrected chi connectivity index (χ0v) is 14.0. The third kappa shape index (κ3) is 4.79. The van der Waals surface area contributed by atoms with Crippen LogP contribution in [0.15, 0.2) is 53.0 Å². The van der Waals surface area contributed by atoms with Crippen LogP contribution in [0.2, 0.25) is 0 Å². The molecule has 0 aliphatic heterocycles. The van der Waals surface area contributed by atoms with Gasteiger partial charge in [-0.05, 0) is 41.5 Å². The van der Waals surface area contributed by atoms with Gasteiger partial charge in [0.15, 0.2) is 5.11 Å². The molecule has 0 fully saturated rings. The molecule has 0 bridgehead atoms. The Kier molecular flexibility index (Phi) is 5.70. The summed E-state index contributed by atoms with van der Waals surface area (Å²) in [7, 11) is 1.94. The van der Waals surface area contributed by atoms with Gasteiger partial charge in [-0.25, -0.2) is 4.39 Å². The highest BCUT2D eigenvalue weighted by molar-refractivity contribution is 9.10. The first-order valence-corrected chi connectivity index (χ1v) is 7.73. The van der Waals surface area contributed by atoms with E-state index in [0.717, 1.165) is 16.6 Å². The molecular weight excluding hydrogens is 351 g/mol. The molecule has 0 aliphatic rings. The van der Waals surface area contributed by atoms with Crippen molar-refractivity contribution < 1.29 is 4.39 Å². The standard InChI is InChI=1S/C16H16BrFN2S/c1-20(11-13-4-2-3-5-15(13)17)16(21)19-10-12-6-8-14(18)9-7-12/h2-9H,10-11H2,1H3,(H,19,21). The molecule has 2 aromatic rings. The van der Waals surface area contributed by atoms with Crippen LogP contribution in [0.4, 0.5) is 4.39 Å². The molecule has 0 amide bonds. The molecule has 110 valence electrons. The number of hydrogen-bond acceptors (Lipinski definition) is 1. The predicted octanol–water partition coefficient (Wildman–Crippen LogP) is 4.09. The third-order valence-corrected chi connectivity index (χ3v) is 4.30. The van der Waals surface area contributed by atoms with Gasteiger partial charge in [0.1, 0.15) is 5.82 Å². The van der Waals surface area contributed by atoms with Crippen molar-refractivity contribution >= 4 is 33.3 Å². The SMILES string of the molecule is CN(Cc1ccccc1Br)C(=S)NCc1ccc(F)cc1. The van der Waals surface area contributed by atoms with Crippen molar-refractivity contribution in [3.8, 4) is 0 Å². The zero-order chi connectivity index (χ0) is 15.2. The van der Waals surface area contributed by atoms with E-state index in [-0.39, 0.29) is 5.82 Å². The number of thiocarbonyl (C=S) groups is 1. The Bertz CT molecular complexity index is 616. The predicted molar refractivity (Wildman–Crippen MR) is 91.4 cm³/mol. The van der Waals surface area contributed by atoms with Gasteiger partial charge in [-0.15, -0.1) is 0 Å². The molecule has 0 radical (unpaired) electrons. The molecule has 0 aliphatic carbocycles. The molecule has 0 atom stereocenters. The van der Waals surface area contributed by atoms with Crippen LogP contribution in [0.1, 0.15) is 11.1 Å². The van der Waals surface area contributed by atoms with Crippen molar-refractivity contribution in [3.63, 3.8) is 0 Å². The fraction of sp³-hybridized carbons (Fsp3) is 0.188. The molecule has 2 rings (SSSR count). The minimum absolute atomic E-state index is 0.229. The summed E-state index contributed by atoms with van der Waals surface area (Å²) >= 11 is 8.90. The molecule has 0 aromatic heterocycles. The van der Waals surface area contributed by atoms with E-state index in [1.54, 1.807) is 12.1 Å². The fourth-order valence-electron chi connectivity index (χ4n) is 1.87. The molecule has 5 heteroatoms. The summed E-state index contributed by atoms with van der Waals surface area (Å²) in [5.74, 6) is -0.229. The van der Waals surface area contributed by atoms with Gasteiger partial charge in [-0.1, -0.05) is 46.3 Å². The Morgan fingerprint density at radius 1 is 1.19 bits per heavy atom. The topological polar surface area (TPSA) is 15.3 Å². The van der Waals surface area contributed by atoms with Crippen molar-refractivity contribution in [2.45, 2.75) is 13.1 Å². The van der Waals surface area contributed by atoms with Gasteiger partial charge in [-0.2, -0.15) is 0 Å². The van der Waals surface area contributed by atoms with E-state index in [2.05, 4.69) is 27.3 Å². The van der Waals surface area contributed by atoms with Crippen LogP contribution in [0.5, 0.6) is 0 Å². The van der Waals surface area contributed by atoms with Crippen LogP contribution in [-0.4, -0.2) is 17.1 Å². The quantitative estimate of drug-likeness (QED) is 0.820. The second-order valence-electron chi connectivity index (χ2n) is 4.73. The zero-order valence-electron chi connectivity index (χ0n) is 11.6. The summed E-state index contributed by atoms with van der Waals surface area (Å²) in [6, 6.07) is 14.5. The van der Waals surface area contributed by atoms with E-state index in [0.29, 0.717) is 11.7 Å². The van der Waals surface area contributed by atoms with E-state index >= 15 is 0 Å². The van der Waals surface area contributed by atoms with Gasteiger partial charge < -0.3 is 10.2 Å². The molecular formula is C16H16BrFN2S. The number of benzene rings is 2. The third-order valence-electron chi connectivity index (χ3n) is 3.07. The van der Waals surface area contributed by atoms with Gasteiger partial charge in [-0.3, -0.25) is 0 Å². The maximum atomic E-state index is 12.8. The molecule has 1 N–H and O–H groups in total. The van der Waals surface area contributed by atoms with Crippen LogP contribution < -0.4 is 5.32 Å². The summed E-state index contributed by atoms with van der Waals surface area (Å²) in [4.78, 5) is 1.97. The van der Waals surface area contributed by atoms with Crippen molar-refractivity contribution in [2.75, 3.05) is 7.05 Å². The average Bonchev–Trinajstić information content (AvgIpc) is 2.48. The second-order valence-corrected chi connectivity index (χ2v) is 5.97. The maximum Gasteiger partial charge on any atom is 0.169 e. The lowest BCUT2D eigenvalue weighted by molar-refractivity contribution is 0.487. The minimum atomic E-state index is -0.229. The number of nitrogens with zero attached hydrogens (tertiary/aromatic N) is 1. The van der Waals surface area contributed by atoms with Gasteiger partial charge in [0.25, 0.3) is 0 Å². The molecule has 0 saturated carbocycles. The smallest absolute Gasteiger partial charge is 0.169 e. The lowest BCUT2D eigenvalue weighted by Crippen LogP contribution is -2.36. The summed E-state index contributed by atoms with van der Waals surface area (Å²) in [5, 5.41) is 3.84. The largest absolute Gasteiger partial charge is 0.358 e. The van der Waals surface area contributed by atoms with Crippen molar-refractivity contribution in [3.05, 3.63) is 69.9 Å². The fourth-order valence-corrected chi connectivity index (χ4v) is 2.42. The number of rotatable bonds is 4. The first-order chi connectivity index (χ1) is 10.1. The first-order valence-electron chi connectivity index (χ1n) is 6.53. The Hall–Kier alpha value is -1.46. The van der Waals surface area contributed by atoms with E-state index in [9.17, 15) is 4.39 Å². The van der Waals surface area contributed by atoms with Crippen molar-refractivity contribution in [1.29, 1.82) is 0 Å². The number of halogens is 2. The van der Waals surface area contributed by atoms with Crippen LogP contribution in [0.25, 0.3) is 0 Å². The molecule has 0 heterocycles. The van der Waals surface area contributed by atoms with Gasteiger partial charge in [0.05, 0.1) is 0 Å². The number of nitrogens with one attached hydrogen (secondary N) is 1. The van der Waals surface area contributed by atoms with Crippen LogP contribution in [0.3, 0.4) is 0 Å². The molecule has 0 saturated heterocycles. The molecule has 2 nitrogen and oxygen atoms in total. The van der Waals surface area contributed by atoms with Gasteiger partial charge in [0.2, 0.25) is 0 Å². The summed E-state index contributed by atoms with van der Waals surface area (Å²) < 4.78 is 13.9. The van der Waals surface area contributed by atoms with E-state index in [1.807, 2.05) is 30.1 Å². The Balaban J connectivity index is 1.88. The Labute approximate surface area is 138 Å². The second kappa shape index (κ2) is 7.52. The highest BCUT2D eigenvalue weighted by Gasteiger charge is 2.07. The van der Waals surface area contributed by atoms with E-state index < -0.39 is 0 Å². The molecule has 0 spiro atoms. The van der Waals surface area contributed by atoms with Crippen molar-refractivity contribution in [2.24, 2.45) is 0 Å². The molecule has 21 heavy (non-hydrogen) atoms. The minimum Gasteiger partial charge on any atom is -0.358 e. The van der Waals surface area contributed by atoms with Crippen LogP contribution >= 0.6 is 28.1 Å². The van der Waals surface area contributed by atoms with E-state index in [1.165, 1.54) is 17.7 Å². The summed E-state index contributed by atoms with van der Waals surface area (Å²) in [6.07, 6.45) is 0. The highest BCUT2D eigenvalue weighted by atomic mass is 79.9. The van der Waals surface area contributed by atoms with Crippen LogP contribution in [0, 0.1) is 5.82 Å². The summed E-state index contributed by atoms with van der Waals surface area (Å²) in [6.45, 7) is 1.30. The van der Waals surface area contributed by atoms with Crippen LogP contribution in [-0.2, 0) is 13.1 Å². The molecule has 2 aromatic carbocycles. The normalized spacial score (nSPS) is 10.2. The van der Waals surface area contributed by atoms with Gasteiger partial charge in [0, 0.05) is 24.6 Å².